The van der Waals surface area contributed by atoms with E-state index in [2.05, 4.69) is 24.0 Å². The van der Waals surface area contributed by atoms with E-state index in [0.717, 1.165) is 6.42 Å². The summed E-state index contributed by atoms with van der Waals surface area (Å²) in [5, 5.41) is 7.71. The van der Waals surface area contributed by atoms with Crippen LogP contribution >= 0.6 is 0 Å². The highest BCUT2D eigenvalue weighted by molar-refractivity contribution is 5.09. The molecule has 0 amide bonds. The second kappa shape index (κ2) is 3.26. The van der Waals surface area contributed by atoms with Crippen LogP contribution in [-0.4, -0.2) is 10.2 Å². The third-order valence-electron chi connectivity index (χ3n) is 3.26. The van der Waals surface area contributed by atoms with Crippen LogP contribution in [0.1, 0.15) is 51.3 Å². The van der Waals surface area contributed by atoms with Gasteiger partial charge in [0.2, 0.25) is 5.89 Å². The third kappa shape index (κ3) is 1.61. The van der Waals surface area contributed by atoms with Crippen molar-refractivity contribution < 1.29 is 4.42 Å². The van der Waals surface area contributed by atoms with Gasteiger partial charge in [0.1, 0.15) is 0 Å². The van der Waals surface area contributed by atoms with Crippen molar-refractivity contribution in [2.75, 3.05) is 5.73 Å². The number of nitrogens with zero attached hydrogens (tertiary/aromatic N) is 2. The molecular formula is C10H17N3O. The summed E-state index contributed by atoms with van der Waals surface area (Å²) in [6, 6.07) is 0.182. The monoisotopic (exact) mass is 195 g/mol. The molecule has 1 aliphatic rings. The SMILES string of the molecule is CC1(C)CCCCC1c1nnc(N)o1. The summed E-state index contributed by atoms with van der Waals surface area (Å²) >= 11 is 0. The van der Waals surface area contributed by atoms with Gasteiger partial charge in [-0.15, -0.1) is 5.10 Å². The molecule has 4 heteroatoms. The molecule has 1 fully saturated rings. The lowest BCUT2D eigenvalue weighted by molar-refractivity contribution is 0.174. The summed E-state index contributed by atoms with van der Waals surface area (Å²) in [6.45, 7) is 4.52. The minimum absolute atomic E-state index is 0.182. The van der Waals surface area contributed by atoms with Gasteiger partial charge in [-0.05, 0) is 18.3 Å². The molecule has 2 N–H and O–H groups in total. The first-order chi connectivity index (χ1) is 6.59. The number of hydrogen-bond donors (Lipinski definition) is 1. The number of rotatable bonds is 1. The highest BCUT2D eigenvalue weighted by Gasteiger charge is 2.36. The lowest BCUT2D eigenvalue weighted by Gasteiger charge is -2.36. The molecular weight excluding hydrogens is 178 g/mol. The first kappa shape index (κ1) is 9.49. The zero-order chi connectivity index (χ0) is 10.2. The van der Waals surface area contributed by atoms with Gasteiger partial charge in [0.05, 0.1) is 0 Å². The van der Waals surface area contributed by atoms with Crippen molar-refractivity contribution in [1.82, 2.24) is 10.2 Å². The topological polar surface area (TPSA) is 64.9 Å². The summed E-state index contributed by atoms with van der Waals surface area (Å²) < 4.78 is 5.31. The van der Waals surface area contributed by atoms with Crippen LogP contribution in [0, 0.1) is 5.41 Å². The van der Waals surface area contributed by atoms with E-state index in [1.54, 1.807) is 0 Å². The number of nitrogen functional groups attached to an aromatic ring is 1. The fraction of sp³-hybridized carbons (Fsp3) is 0.800. The summed E-state index contributed by atoms with van der Waals surface area (Å²) in [5.74, 6) is 1.09. The second-order valence-electron chi connectivity index (χ2n) is 4.77. The maximum atomic E-state index is 5.43. The summed E-state index contributed by atoms with van der Waals surface area (Å²) in [6.07, 6.45) is 4.90. The van der Waals surface area contributed by atoms with Crippen LogP contribution in [-0.2, 0) is 0 Å². The van der Waals surface area contributed by atoms with Gasteiger partial charge in [-0.25, -0.2) is 0 Å². The van der Waals surface area contributed by atoms with E-state index in [0.29, 0.717) is 11.8 Å². The molecule has 0 aliphatic heterocycles. The summed E-state index contributed by atoms with van der Waals surface area (Å²) in [4.78, 5) is 0. The Balaban J connectivity index is 2.23. The largest absolute Gasteiger partial charge is 0.408 e. The van der Waals surface area contributed by atoms with Crippen LogP contribution in [0.3, 0.4) is 0 Å². The van der Waals surface area contributed by atoms with Crippen molar-refractivity contribution in [3.63, 3.8) is 0 Å². The molecule has 4 nitrogen and oxygen atoms in total. The number of hydrogen-bond acceptors (Lipinski definition) is 4. The third-order valence-corrected chi connectivity index (χ3v) is 3.26. The molecule has 0 bridgehead atoms. The van der Waals surface area contributed by atoms with Crippen molar-refractivity contribution >= 4 is 6.01 Å². The van der Waals surface area contributed by atoms with E-state index in [-0.39, 0.29) is 11.4 Å². The Morgan fingerprint density at radius 3 is 2.71 bits per heavy atom. The Morgan fingerprint density at radius 2 is 2.14 bits per heavy atom. The lowest BCUT2D eigenvalue weighted by Crippen LogP contribution is -2.26. The van der Waals surface area contributed by atoms with Gasteiger partial charge in [0.25, 0.3) is 0 Å². The fourth-order valence-corrected chi connectivity index (χ4v) is 2.34. The predicted molar refractivity (Wildman–Crippen MR) is 53.7 cm³/mol. The van der Waals surface area contributed by atoms with E-state index in [1.165, 1.54) is 19.3 Å². The maximum Gasteiger partial charge on any atom is 0.312 e. The predicted octanol–water partition coefficient (Wildman–Crippen LogP) is 2.34. The van der Waals surface area contributed by atoms with Crippen LogP contribution in [0.15, 0.2) is 4.42 Å². The Kier molecular flexibility index (Phi) is 2.21. The average molecular weight is 195 g/mol. The highest BCUT2D eigenvalue weighted by Crippen LogP contribution is 2.46. The zero-order valence-corrected chi connectivity index (χ0v) is 8.79. The first-order valence-electron chi connectivity index (χ1n) is 5.18. The minimum atomic E-state index is 0.182. The molecule has 1 heterocycles. The Labute approximate surface area is 83.9 Å². The normalized spacial score (nSPS) is 26.3. The maximum absolute atomic E-state index is 5.43. The molecule has 1 aromatic heterocycles. The van der Waals surface area contributed by atoms with E-state index in [9.17, 15) is 0 Å². The molecule has 2 rings (SSSR count). The van der Waals surface area contributed by atoms with Gasteiger partial charge in [-0.3, -0.25) is 0 Å². The van der Waals surface area contributed by atoms with Gasteiger partial charge in [0, 0.05) is 5.92 Å². The average Bonchev–Trinajstić information content (AvgIpc) is 2.51. The molecule has 1 atom stereocenters. The van der Waals surface area contributed by atoms with Crippen molar-refractivity contribution in [1.29, 1.82) is 0 Å². The Bertz CT molecular complexity index is 319. The van der Waals surface area contributed by atoms with E-state index < -0.39 is 0 Å². The van der Waals surface area contributed by atoms with Gasteiger partial charge in [-0.1, -0.05) is 31.8 Å². The molecule has 1 aromatic rings. The van der Waals surface area contributed by atoms with E-state index in [4.69, 9.17) is 10.2 Å². The van der Waals surface area contributed by atoms with E-state index >= 15 is 0 Å². The van der Waals surface area contributed by atoms with Crippen LogP contribution in [0.4, 0.5) is 6.01 Å². The molecule has 1 saturated carbocycles. The number of nitrogens with two attached hydrogens (primary N) is 1. The zero-order valence-electron chi connectivity index (χ0n) is 8.79. The van der Waals surface area contributed by atoms with Crippen molar-refractivity contribution in [3.8, 4) is 0 Å². The minimum Gasteiger partial charge on any atom is -0.408 e. The van der Waals surface area contributed by atoms with Crippen molar-refractivity contribution in [2.45, 2.75) is 45.4 Å². The Hall–Kier alpha value is -1.06. The second-order valence-corrected chi connectivity index (χ2v) is 4.77. The van der Waals surface area contributed by atoms with Crippen LogP contribution in [0.5, 0.6) is 0 Å². The molecule has 1 aliphatic carbocycles. The molecule has 0 aromatic carbocycles. The van der Waals surface area contributed by atoms with Gasteiger partial charge in [-0.2, -0.15) is 0 Å². The number of aromatic nitrogens is 2. The smallest absolute Gasteiger partial charge is 0.312 e. The summed E-state index contributed by atoms with van der Waals surface area (Å²) in [7, 11) is 0. The molecule has 0 saturated heterocycles. The highest BCUT2D eigenvalue weighted by atomic mass is 16.4. The van der Waals surface area contributed by atoms with Gasteiger partial charge in [0.15, 0.2) is 0 Å². The van der Waals surface area contributed by atoms with Gasteiger partial charge < -0.3 is 10.2 Å². The molecule has 14 heavy (non-hydrogen) atoms. The van der Waals surface area contributed by atoms with Gasteiger partial charge >= 0.3 is 6.01 Å². The fourth-order valence-electron chi connectivity index (χ4n) is 2.34. The van der Waals surface area contributed by atoms with Crippen LogP contribution < -0.4 is 5.73 Å². The summed E-state index contributed by atoms with van der Waals surface area (Å²) in [5.41, 5.74) is 5.69. The Morgan fingerprint density at radius 1 is 1.36 bits per heavy atom. The molecule has 1 unspecified atom stereocenters. The number of anilines is 1. The van der Waals surface area contributed by atoms with Crippen molar-refractivity contribution in [2.24, 2.45) is 5.41 Å². The first-order valence-corrected chi connectivity index (χ1v) is 5.18. The standard InChI is InChI=1S/C10H17N3O/c1-10(2)6-4-3-5-7(10)8-12-13-9(11)14-8/h7H,3-6H2,1-2H3,(H2,11,13). The molecule has 0 radical (unpaired) electrons. The van der Waals surface area contributed by atoms with Crippen LogP contribution in [0.2, 0.25) is 0 Å². The quantitative estimate of drug-likeness (QED) is 0.747. The molecule has 0 spiro atoms. The molecule has 78 valence electrons. The van der Waals surface area contributed by atoms with E-state index in [1.807, 2.05) is 0 Å². The lowest BCUT2D eigenvalue weighted by atomic mass is 9.69. The van der Waals surface area contributed by atoms with Crippen LogP contribution in [0.25, 0.3) is 0 Å². The van der Waals surface area contributed by atoms with Crippen molar-refractivity contribution in [3.05, 3.63) is 5.89 Å².